The molecule has 2 N–H and O–H groups in total. The number of fused-ring (bicyclic) bond motifs is 1. The Kier molecular flexibility index (Phi) is 5.00. The number of urea groups is 1. The van der Waals surface area contributed by atoms with Crippen LogP contribution in [0.4, 0.5) is 10.5 Å². The molecule has 1 atom stereocenters. The maximum Gasteiger partial charge on any atom is 0.322 e. The van der Waals surface area contributed by atoms with Crippen LogP contribution in [0, 0.1) is 6.92 Å². The molecule has 0 spiro atoms. The number of H-pyrrole nitrogens is 1. The van der Waals surface area contributed by atoms with E-state index >= 15 is 0 Å². The number of benzene rings is 1. The molecular weight excluding hydrogens is 372 g/mol. The fraction of sp³-hybridized carbons (Fsp3) is 0.381. The normalized spacial score (nSPS) is 18.6. The molecule has 1 saturated heterocycles. The van der Waals surface area contributed by atoms with Gasteiger partial charge in [-0.2, -0.15) is 0 Å². The van der Waals surface area contributed by atoms with E-state index in [1.54, 1.807) is 35.2 Å². The van der Waals surface area contributed by atoms with Crippen LogP contribution in [0.5, 0.6) is 5.75 Å². The van der Waals surface area contributed by atoms with E-state index < -0.39 is 6.10 Å². The van der Waals surface area contributed by atoms with Crippen LogP contribution in [-0.2, 0) is 17.8 Å². The third-order valence-corrected chi connectivity index (χ3v) is 5.54. The molecular formula is C21H24N4O4. The van der Waals surface area contributed by atoms with Crippen molar-refractivity contribution < 1.29 is 14.3 Å². The lowest BCUT2D eigenvalue weighted by Crippen LogP contribution is -2.41. The summed E-state index contributed by atoms with van der Waals surface area (Å²) < 4.78 is 5.81. The number of likely N-dealkylation sites (tertiary alicyclic amines) is 1. The molecule has 29 heavy (non-hydrogen) atoms. The van der Waals surface area contributed by atoms with E-state index in [1.165, 1.54) is 0 Å². The van der Waals surface area contributed by atoms with Gasteiger partial charge in [0.25, 0.3) is 11.5 Å². The van der Waals surface area contributed by atoms with Crippen LogP contribution < -0.4 is 15.6 Å². The summed E-state index contributed by atoms with van der Waals surface area (Å²) >= 11 is 0. The summed E-state index contributed by atoms with van der Waals surface area (Å²) in [5.41, 5.74) is 2.99. The van der Waals surface area contributed by atoms with Crippen LogP contribution >= 0.6 is 0 Å². The fourth-order valence-electron chi connectivity index (χ4n) is 3.77. The van der Waals surface area contributed by atoms with Crippen molar-refractivity contribution in [3.63, 3.8) is 0 Å². The van der Waals surface area contributed by atoms with Gasteiger partial charge >= 0.3 is 6.03 Å². The lowest BCUT2D eigenvalue weighted by atomic mass is 10.0. The average Bonchev–Trinajstić information content (AvgIpc) is 3.02. The number of carbonyl (C=O) groups is 2. The SMILES string of the molecule is Cc1cc(OC2CCN(C)C2=O)ccc1NC(=O)N1CCc2cc[nH]c(=O)c2C1. The number of hydrogen-bond acceptors (Lipinski definition) is 4. The van der Waals surface area contributed by atoms with E-state index in [9.17, 15) is 14.4 Å². The van der Waals surface area contributed by atoms with Gasteiger partial charge in [0.1, 0.15) is 5.75 Å². The minimum absolute atomic E-state index is 0.0135. The van der Waals surface area contributed by atoms with Crippen LogP contribution in [0.25, 0.3) is 0 Å². The lowest BCUT2D eigenvalue weighted by Gasteiger charge is -2.28. The number of aryl methyl sites for hydroxylation is 1. The number of amides is 3. The van der Waals surface area contributed by atoms with Crippen molar-refractivity contribution in [1.29, 1.82) is 0 Å². The first-order chi connectivity index (χ1) is 13.9. The number of carbonyl (C=O) groups excluding carboxylic acids is 2. The van der Waals surface area contributed by atoms with Gasteiger partial charge in [0, 0.05) is 44.0 Å². The second-order valence-electron chi connectivity index (χ2n) is 7.54. The summed E-state index contributed by atoms with van der Waals surface area (Å²) in [6.45, 7) is 3.41. The van der Waals surface area contributed by atoms with Crippen molar-refractivity contribution in [2.75, 3.05) is 25.5 Å². The van der Waals surface area contributed by atoms with Gasteiger partial charge in [-0.1, -0.05) is 0 Å². The largest absolute Gasteiger partial charge is 0.481 e. The van der Waals surface area contributed by atoms with Crippen LogP contribution in [0.1, 0.15) is 23.1 Å². The van der Waals surface area contributed by atoms with Gasteiger partial charge in [0.15, 0.2) is 6.10 Å². The van der Waals surface area contributed by atoms with E-state index in [0.29, 0.717) is 42.9 Å². The maximum atomic E-state index is 12.7. The molecule has 0 bridgehead atoms. The first kappa shape index (κ1) is 19.0. The zero-order chi connectivity index (χ0) is 20.5. The highest BCUT2D eigenvalue weighted by Gasteiger charge is 2.31. The molecule has 152 valence electrons. The Labute approximate surface area is 168 Å². The average molecular weight is 396 g/mol. The Hall–Kier alpha value is -3.29. The van der Waals surface area contributed by atoms with Crippen molar-refractivity contribution >= 4 is 17.6 Å². The minimum Gasteiger partial charge on any atom is -0.481 e. The smallest absolute Gasteiger partial charge is 0.322 e. The monoisotopic (exact) mass is 396 g/mol. The van der Waals surface area contributed by atoms with Crippen molar-refractivity contribution in [2.45, 2.75) is 32.4 Å². The molecule has 1 fully saturated rings. The van der Waals surface area contributed by atoms with Gasteiger partial charge in [-0.3, -0.25) is 9.59 Å². The number of nitrogens with zero attached hydrogens (tertiary/aromatic N) is 2. The van der Waals surface area contributed by atoms with Crippen LogP contribution in [0.15, 0.2) is 35.3 Å². The summed E-state index contributed by atoms with van der Waals surface area (Å²) in [4.78, 5) is 42.7. The number of hydrogen-bond donors (Lipinski definition) is 2. The second-order valence-corrected chi connectivity index (χ2v) is 7.54. The third kappa shape index (κ3) is 3.83. The topological polar surface area (TPSA) is 94.7 Å². The molecule has 0 aliphatic carbocycles. The number of aromatic nitrogens is 1. The molecule has 0 radical (unpaired) electrons. The number of rotatable bonds is 3. The lowest BCUT2D eigenvalue weighted by molar-refractivity contribution is -0.132. The van der Waals surface area contributed by atoms with E-state index in [-0.39, 0.29) is 24.0 Å². The molecule has 8 heteroatoms. The number of ether oxygens (including phenoxy) is 1. The van der Waals surface area contributed by atoms with E-state index in [2.05, 4.69) is 10.3 Å². The minimum atomic E-state index is -0.452. The molecule has 8 nitrogen and oxygen atoms in total. The predicted molar refractivity (Wildman–Crippen MR) is 108 cm³/mol. The van der Waals surface area contributed by atoms with Gasteiger partial charge < -0.3 is 24.8 Å². The molecule has 1 aromatic heterocycles. The van der Waals surface area contributed by atoms with Gasteiger partial charge in [-0.05, 0) is 48.7 Å². The molecule has 3 amide bonds. The first-order valence-corrected chi connectivity index (χ1v) is 9.70. The van der Waals surface area contributed by atoms with Gasteiger partial charge in [-0.15, -0.1) is 0 Å². The van der Waals surface area contributed by atoms with Gasteiger partial charge in [0.05, 0.1) is 6.54 Å². The highest BCUT2D eigenvalue weighted by Crippen LogP contribution is 2.25. The molecule has 0 saturated carbocycles. The summed E-state index contributed by atoms with van der Waals surface area (Å²) in [5.74, 6) is 0.591. The Morgan fingerprint density at radius 3 is 2.79 bits per heavy atom. The molecule has 4 rings (SSSR count). The second kappa shape index (κ2) is 7.62. The third-order valence-electron chi connectivity index (χ3n) is 5.54. The number of anilines is 1. The highest BCUT2D eigenvalue weighted by atomic mass is 16.5. The van der Waals surface area contributed by atoms with Crippen molar-refractivity contribution in [1.82, 2.24) is 14.8 Å². The number of likely N-dealkylation sites (N-methyl/N-ethyl adjacent to an activating group) is 1. The first-order valence-electron chi connectivity index (χ1n) is 9.70. The van der Waals surface area contributed by atoms with Crippen molar-refractivity contribution in [2.24, 2.45) is 0 Å². The number of pyridine rings is 1. The number of aromatic amines is 1. The summed E-state index contributed by atoms with van der Waals surface area (Å²) in [7, 11) is 1.77. The number of nitrogens with one attached hydrogen (secondary N) is 2. The van der Waals surface area contributed by atoms with E-state index in [1.807, 2.05) is 19.1 Å². The molecule has 2 aliphatic rings. The van der Waals surface area contributed by atoms with E-state index in [0.717, 1.165) is 11.1 Å². The van der Waals surface area contributed by atoms with Crippen molar-refractivity contribution in [3.05, 3.63) is 57.5 Å². The van der Waals surface area contributed by atoms with Crippen LogP contribution in [0.2, 0.25) is 0 Å². The quantitative estimate of drug-likeness (QED) is 0.828. The molecule has 1 unspecified atom stereocenters. The summed E-state index contributed by atoms with van der Waals surface area (Å²) in [5, 5.41) is 2.91. The molecule has 2 aliphatic heterocycles. The summed E-state index contributed by atoms with van der Waals surface area (Å²) in [6, 6.07) is 6.99. The van der Waals surface area contributed by atoms with Gasteiger partial charge in [0.2, 0.25) is 0 Å². The summed E-state index contributed by atoms with van der Waals surface area (Å²) in [6.07, 6.45) is 2.51. The Balaban J connectivity index is 1.42. The molecule has 3 heterocycles. The standard InChI is InChI=1S/C21H24N4O4/c1-13-11-15(29-18-7-9-24(2)20(18)27)3-4-17(13)23-21(28)25-10-6-14-5-8-22-19(26)16(14)12-25/h3-5,8,11,18H,6-7,9-10,12H2,1-2H3,(H,22,26)(H,23,28). The maximum absolute atomic E-state index is 12.7. The van der Waals surface area contributed by atoms with Gasteiger partial charge in [-0.25, -0.2) is 4.79 Å². The van der Waals surface area contributed by atoms with Crippen LogP contribution in [0.3, 0.4) is 0 Å². The highest BCUT2D eigenvalue weighted by molar-refractivity contribution is 5.90. The Morgan fingerprint density at radius 1 is 1.24 bits per heavy atom. The Bertz CT molecular complexity index is 1020. The fourth-order valence-corrected chi connectivity index (χ4v) is 3.77. The molecule has 1 aromatic carbocycles. The Morgan fingerprint density at radius 2 is 2.07 bits per heavy atom. The predicted octanol–water partition coefficient (Wildman–Crippen LogP) is 1.88. The molecule has 2 aromatic rings. The zero-order valence-electron chi connectivity index (χ0n) is 16.5. The van der Waals surface area contributed by atoms with Crippen molar-refractivity contribution in [3.8, 4) is 5.75 Å². The zero-order valence-corrected chi connectivity index (χ0v) is 16.5. The van der Waals surface area contributed by atoms with E-state index in [4.69, 9.17) is 4.74 Å². The van der Waals surface area contributed by atoms with Crippen LogP contribution in [-0.4, -0.2) is 53.0 Å².